The van der Waals surface area contributed by atoms with Crippen LogP contribution in [0.2, 0.25) is 0 Å². The van der Waals surface area contributed by atoms with E-state index in [0.717, 1.165) is 22.3 Å². The summed E-state index contributed by atoms with van der Waals surface area (Å²) in [6.07, 6.45) is 3.96. The van der Waals surface area contributed by atoms with Gasteiger partial charge in [0.05, 0.1) is 18.4 Å². The fraction of sp³-hybridized carbons (Fsp3) is 0.171. The number of fused-ring (bicyclic) bond motifs is 1. The number of likely N-dealkylation sites (tertiary alicyclic amines) is 1. The van der Waals surface area contributed by atoms with Gasteiger partial charge in [0.25, 0.3) is 0 Å². The standard InChI is InChI=1S/C35H30N2O5/c38-28-19-15-25(16-20-28)21-35(34(41)42)30-29(32(39)37(33(30)40)22-26-9-5-2-6-10-26)31(36-35)27-17-13-24(14-18-27)12-11-23-7-3-1-4-8-23/h1-20,29-31,36,38H,21-22H2,(H,41,42)/b12-11+. The van der Waals surface area contributed by atoms with Crippen molar-refractivity contribution < 1.29 is 24.6 Å². The summed E-state index contributed by atoms with van der Waals surface area (Å²) in [5, 5.41) is 23.7. The van der Waals surface area contributed by atoms with Crippen molar-refractivity contribution in [2.75, 3.05) is 0 Å². The third-order valence-corrected chi connectivity index (χ3v) is 8.29. The zero-order valence-corrected chi connectivity index (χ0v) is 22.8. The number of phenols is 1. The molecule has 2 aliphatic rings. The molecule has 7 nitrogen and oxygen atoms in total. The summed E-state index contributed by atoms with van der Waals surface area (Å²) in [6, 6.07) is 32.3. The van der Waals surface area contributed by atoms with Gasteiger partial charge in [-0.1, -0.05) is 109 Å². The third-order valence-electron chi connectivity index (χ3n) is 8.29. The van der Waals surface area contributed by atoms with Crippen LogP contribution in [0.5, 0.6) is 5.75 Å². The van der Waals surface area contributed by atoms with Crippen LogP contribution in [0.3, 0.4) is 0 Å². The molecular formula is C35H30N2O5. The molecule has 42 heavy (non-hydrogen) atoms. The highest BCUT2D eigenvalue weighted by Gasteiger charge is 2.68. The molecule has 2 fully saturated rings. The van der Waals surface area contributed by atoms with Gasteiger partial charge < -0.3 is 10.2 Å². The summed E-state index contributed by atoms with van der Waals surface area (Å²) in [4.78, 5) is 42.2. The number of carboxylic acids is 1. The van der Waals surface area contributed by atoms with Gasteiger partial charge in [-0.05, 0) is 39.9 Å². The minimum Gasteiger partial charge on any atom is -0.508 e. The number of carbonyl (C=O) groups is 3. The Morgan fingerprint density at radius 2 is 1.36 bits per heavy atom. The van der Waals surface area contributed by atoms with E-state index in [1.807, 2.05) is 97.1 Å². The van der Waals surface area contributed by atoms with Crippen molar-refractivity contribution in [2.45, 2.75) is 24.5 Å². The lowest BCUT2D eigenvalue weighted by Crippen LogP contribution is -2.57. The van der Waals surface area contributed by atoms with Crippen LogP contribution in [-0.2, 0) is 27.3 Å². The largest absolute Gasteiger partial charge is 0.508 e. The number of aliphatic carboxylic acids is 1. The molecule has 0 radical (unpaired) electrons. The maximum Gasteiger partial charge on any atom is 0.325 e. The Morgan fingerprint density at radius 1 is 0.762 bits per heavy atom. The van der Waals surface area contributed by atoms with Gasteiger partial charge in [0.15, 0.2) is 0 Å². The monoisotopic (exact) mass is 558 g/mol. The Morgan fingerprint density at radius 3 is 1.98 bits per heavy atom. The topological polar surface area (TPSA) is 107 Å². The molecule has 0 bridgehead atoms. The van der Waals surface area contributed by atoms with Gasteiger partial charge in [-0.15, -0.1) is 0 Å². The average Bonchev–Trinajstić information content (AvgIpc) is 3.48. The summed E-state index contributed by atoms with van der Waals surface area (Å²) in [6.45, 7) is 0.0797. The third kappa shape index (κ3) is 4.99. The summed E-state index contributed by atoms with van der Waals surface area (Å²) in [5.41, 5.74) is 2.44. The lowest BCUT2D eigenvalue weighted by Gasteiger charge is -2.31. The highest BCUT2D eigenvalue weighted by atomic mass is 16.4. The first-order chi connectivity index (χ1) is 20.4. The second kappa shape index (κ2) is 11.1. The number of hydrogen-bond donors (Lipinski definition) is 3. The predicted octanol–water partition coefficient (Wildman–Crippen LogP) is 5.07. The van der Waals surface area contributed by atoms with Crippen LogP contribution in [0.4, 0.5) is 0 Å². The lowest BCUT2D eigenvalue weighted by molar-refractivity contribution is -0.151. The van der Waals surface area contributed by atoms with E-state index in [-0.39, 0.29) is 24.6 Å². The van der Waals surface area contributed by atoms with Crippen molar-refractivity contribution >= 4 is 29.9 Å². The van der Waals surface area contributed by atoms with Crippen molar-refractivity contribution in [1.29, 1.82) is 0 Å². The smallest absolute Gasteiger partial charge is 0.325 e. The molecule has 4 unspecified atom stereocenters. The fourth-order valence-corrected chi connectivity index (χ4v) is 6.21. The molecule has 7 heteroatoms. The van der Waals surface area contributed by atoms with E-state index in [1.54, 1.807) is 12.1 Å². The van der Waals surface area contributed by atoms with Crippen LogP contribution in [0.1, 0.15) is 33.9 Å². The molecule has 210 valence electrons. The SMILES string of the molecule is O=C1C2C(c3ccc(/C=C/c4ccccc4)cc3)NC(Cc3ccc(O)cc3)(C(=O)O)C2C(=O)N1Cc1ccccc1. The van der Waals surface area contributed by atoms with Crippen molar-refractivity contribution in [3.63, 3.8) is 0 Å². The maximum absolute atomic E-state index is 14.0. The Kier molecular flexibility index (Phi) is 7.19. The average molecular weight is 559 g/mol. The second-order valence-electron chi connectivity index (χ2n) is 10.9. The van der Waals surface area contributed by atoms with Gasteiger partial charge in [-0.3, -0.25) is 24.6 Å². The number of nitrogens with zero attached hydrogens (tertiary/aromatic N) is 1. The lowest BCUT2D eigenvalue weighted by atomic mass is 9.76. The van der Waals surface area contributed by atoms with E-state index in [9.17, 15) is 24.6 Å². The molecule has 0 spiro atoms. The predicted molar refractivity (Wildman–Crippen MR) is 159 cm³/mol. The number of carbonyl (C=O) groups excluding carboxylic acids is 2. The molecule has 3 N–H and O–H groups in total. The molecule has 2 saturated heterocycles. The number of imide groups is 1. The molecular weight excluding hydrogens is 528 g/mol. The number of rotatable bonds is 8. The van der Waals surface area contributed by atoms with E-state index < -0.39 is 35.3 Å². The van der Waals surface area contributed by atoms with E-state index in [1.165, 1.54) is 17.0 Å². The number of carboxylic acid groups (broad SMARTS) is 1. The quantitative estimate of drug-likeness (QED) is 0.206. The van der Waals surface area contributed by atoms with Crippen molar-refractivity contribution in [1.82, 2.24) is 10.2 Å². The van der Waals surface area contributed by atoms with Gasteiger partial charge >= 0.3 is 5.97 Å². The molecule has 2 heterocycles. The van der Waals surface area contributed by atoms with Crippen LogP contribution >= 0.6 is 0 Å². The van der Waals surface area contributed by atoms with Gasteiger partial charge in [-0.25, -0.2) is 0 Å². The van der Waals surface area contributed by atoms with Gasteiger partial charge in [0.2, 0.25) is 11.8 Å². The molecule has 0 saturated carbocycles. The number of benzene rings is 4. The normalized spacial score (nSPS) is 23.4. The van der Waals surface area contributed by atoms with E-state index in [4.69, 9.17) is 0 Å². The van der Waals surface area contributed by atoms with Gasteiger partial charge in [0, 0.05) is 12.5 Å². The zero-order valence-electron chi connectivity index (χ0n) is 22.8. The molecule has 2 amide bonds. The van der Waals surface area contributed by atoms with Crippen LogP contribution in [0.15, 0.2) is 109 Å². The molecule has 6 rings (SSSR count). The first kappa shape index (κ1) is 27.2. The number of hydrogen-bond acceptors (Lipinski definition) is 5. The van der Waals surface area contributed by atoms with E-state index >= 15 is 0 Å². The maximum atomic E-state index is 14.0. The molecule has 4 aromatic carbocycles. The van der Waals surface area contributed by atoms with E-state index in [2.05, 4.69) is 5.32 Å². The first-order valence-electron chi connectivity index (χ1n) is 13.9. The Hall–Kier alpha value is -5.01. The second-order valence-corrected chi connectivity index (χ2v) is 10.9. The summed E-state index contributed by atoms with van der Waals surface area (Å²) in [7, 11) is 0. The van der Waals surface area contributed by atoms with Crippen molar-refractivity contribution in [3.8, 4) is 5.75 Å². The summed E-state index contributed by atoms with van der Waals surface area (Å²) < 4.78 is 0. The number of aromatic hydroxyl groups is 1. The molecule has 0 aromatic heterocycles. The number of amides is 2. The fourth-order valence-electron chi connectivity index (χ4n) is 6.21. The van der Waals surface area contributed by atoms with Crippen LogP contribution in [0, 0.1) is 11.8 Å². The van der Waals surface area contributed by atoms with Crippen LogP contribution in [-0.4, -0.2) is 38.4 Å². The Balaban J connectivity index is 1.37. The summed E-state index contributed by atoms with van der Waals surface area (Å²) >= 11 is 0. The van der Waals surface area contributed by atoms with E-state index in [0.29, 0.717) is 5.56 Å². The molecule has 2 aliphatic heterocycles. The number of nitrogens with one attached hydrogen (secondary N) is 1. The Labute approximate surface area is 243 Å². The van der Waals surface area contributed by atoms with Gasteiger partial charge in [-0.2, -0.15) is 0 Å². The minimum absolute atomic E-state index is 0.0314. The molecule has 4 atom stereocenters. The highest BCUT2D eigenvalue weighted by Crippen LogP contribution is 2.50. The van der Waals surface area contributed by atoms with Crippen molar-refractivity contribution in [2.24, 2.45) is 11.8 Å². The first-order valence-corrected chi connectivity index (χ1v) is 13.9. The summed E-state index contributed by atoms with van der Waals surface area (Å²) in [5.74, 6) is -4.01. The minimum atomic E-state index is -1.73. The zero-order chi connectivity index (χ0) is 29.3. The highest BCUT2D eigenvalue weighted by molar-refractivity contribution is 6.09. The van der Waals surface area contributed by atoms with Crippen LogP contribution < -0.4 is 5.32 Å². The Bertz CT molecular complexity index is 1630. The van der Waals surface area contributed by atoms with Crippen LogP contribution in [0.25, 0.3) is 12.2 Å². The number of phenolic OH excluding ortho intramolecular Hbond substituents is 1. The van der Waals surface area contributed by atoms with Crippen molar-refractivity contribution in [3.05, 3.63) is 137 Å². The molecule has 0 aliphatic carbocycles. The van der Waals surface area contributed by atoms with Gasteiger partial charge in [0.1, 0.15) is 11.3 Å². The molecule has 4 aromatic rings.